The van der Waals surface area contributed by atoms with Gasteiger partial charge in [-0.1, -0.05) is 31.6 Å². The minimum atomic E-state index is -0.742. The summed E-state index contributed by atoms with van der Waals surface area (Å²) in [5.74, 6) is 1.36. The van der Waals surface area contributed by atoms with Gasteiger partial charge < -0.3 is 0 Å². The van der Waals surface area contributed by atoms with Gasteiger partial charge in [0, 0.05) is 0 Å². The summed E-state index contributed by atoms with van der Waals surface area (Å²) in [6.45, 7) is 2.31. The Morgan fingerprint density at radius 3 is 1.96 bits per heavy atom. The number of benzene rings is 1. The molecule has 0 N–H and O–H groups in total. The minimum absolute atomic E-state index is 0.393. The lowest BCUT2D eigenvalue weighted by Gasteiger charge is -2.28. The molecule has 2 saturated carbocycles. The summed E-state index contributed by atoms with van der Waals surface area (Å²) in [4.78, 5) is 0. The average Bonchev–Trinajstić information content (AvgIpc) is 2.63. The van der Waals surface area contributed by atoms with Crippen LogP contribution >= 0.6 is 0 Å². The highest BCUT2D eigenvalue weighted by molar-refractivity contribution is 5.22. The van der Waals surface area contributed by atoms with Crippen LogP contribution in [0.2, 0.25) is 0 Å². The highest BCUT2D eigenvalue weighted by Gasteiger charge is 2.23. The zero-order chi connectivity index (χ0) is 16.9. The molecule has 0 aliphatic heterocycles. The van der Waals surface area contributed by atoms with Gasteiger partial charge in [0.05, 0.1) is 0 Å². The molecule has 0 aromatic heterocycles. The van der Waals surface area contributed by atoms with E-state index in [9.17, 15) is 8.78 Å². The van der Waals surface area contributed by atoms with Gasteiger partial charge in [0.2, 0.25) is 0 Å². The summed E-state index contributed by atoms with van der Waals surface area (Å²) in [6, 6.07) is 4.41. The maximum atomic E-state index is 13.4. The fourth-order valence-corrected chi connectivity index (χ4v) is 4.51. The molecule has 0 saturated heterocycles. The Balaban J connectivity index is 1.46. The number of allylic oxidation sites excluding steroid dienone is 2. The first kappa shape index (κ1) is 17.6. The van der Waals surface area contributed by atoms with Gasteiger partial charge in [-0.25, -0.2) is 8.78 Å². The number of rotatable bonds is 4. The summed E-state index contributed by atoms with van der Waals surface area (Å²) < 4.78 is 26.5. The van der Waals surface area contributed by atoms with Crippen LogP contribution in [0.25, 0.3) is 0 Å². The van der Waals surface area contributed by atoms with E-state index in [1.165, 1.54) is 57.1 Å². The van der Waals surface area contributed by atoms with E-state index < -0.39 is 11.6 Å². The highest BCUT2D eigenvalue weighted by atomic mass is 19.2. The lowest BCUT2D eigenvalue weighted by Crippen LogP contribution is -2.14. The number of hydrogen-bond donors (Lipinski definition) is 0. The van der Waals surface area contributed by atoms with Crippen LogP contribution in [0.5, 0.6) is 0 Å². The molecule has 1 aromatic carbocycles. The van der Waals surface area contributed by atoms with E-state index >= 15 is 0 Å². The van der Waals surface area contributed by atoms with Gasteiger partial charge in [0.1, 0.15) is 0 Å². The van der Waals surface area contributed by atoms with Crippen molar-refractivity contribution in [1.29, 1.82) is 0 Å². The molecule has 1 aromatic rings. The maximum absolute atomic E-state index is 13.4. The fourth-order valence-electron chi connectivity index (χ4n) is 4.51. The maximum Gasteiger partial charge on any atom is 0.159 e. The van der Waals surface area contributed by atoms with E-state index in [0.717, 1.165) is 30.2 Å². The number of hydrogen-bond acceptors (Lipinski definition) is 0. The van der Waals surface area contributed by atoms with Crippen LogP contribution in [0.4, 0.5) is 8.78 Å². The molecule has 2 fully saturated rings. The zero-order valence-corrected chi connectivity index (χ0v) is 14.8. The van der Waals surface area contributed by atoms with Gasteiger partial charge in [0.15, 0.2) is 11.6 Å². The third-order valence-electron chi connectivity index (χ3n) is 6.31. The zero-order valence-electron chi connectivity index (χ0n) is 14.8. The first-order valence-electron chi connectivity index (χ1n) is 9.79. The van der Waals surface area contributed by atoms with Crippen LogP contribution in [-0.4, -0.2) is 0 Å². The quantitative estimate of drug-likeness (QED) is 0.520. The van der Waals surface area contributed by atoms with E-state index in [1.54, 1.807) is 6.07 Å². The standard InChI is InChI=1S/C22H30F2/c1-2-16-3-5-17(6-4-16)7-8-18-9-11-19(12-10-18)20-13-14-21(23)22(24)15-20/h7-8,13-19H,2-6,9-12H2,1H3. The molecule has 0 amide bonds. The van der Waals surface area contributed by atoms with Crippen molar-refractivity contribution in [2.45, 2.75) is 70.6 Å². The molecule has 0 radical (unpaired) electrons. The Bertz CT molecular complexity index is 547. The Morgan fingerprint density at radius 2 is 1.42 bits per heavy atom. The van der Waals surface area contributed by atoms with E-state index in [1.807, 2.05) is 0 Å². The molecule has 0 atom stereocenters. The summed E-state index contributed by atoms with van der Waals surface area (Å²) in [5, 5.41) is 0. The van der Waals surface area contributed by atoms with Crippen molar-refractivity contribution in [2.75, 3.05) is 0 Å². The molecule has 2 aliphatic rings. The number of halogens is 2. The predicted molar refractivity (Wildman–Crippen MR) is 95.9 cm³/mol. The third kappa shape index (κ3) is 4.46. The van der Waals surface area contributed by atoms with E-state index in [4.69, 9.17) is 0 Å². The van der Waals surface area contributed by atoms with E-state index in [-0.39, 0.29) is 0 Å². The molecular formula is C22H30F2. The second-order valence-electron chi connectivity index (χ2n) is 7.86. The van der Waals surface area contributed by atoms with Crippen LogP contribution < -0.4 is 0 Å². The van der Waals surface area contributed by atoms with Crippen LogP contribution in [0, 0.1) is 29.4 Å². The molecule has 24 heavy (non-hydrogen) atoms. The first-order chi connectivity index (χ1) is 11.7. The molecule has 2 aliphatic carbocycles. The highest BCUT2D eigenvalue weighted by Crippen LogP contribution is 2.37. The molecule has 0 spiro atoms. The molecule has 0 unspecified atom stereocenters. The molecule has 0 heterocycles. The monoisotopic (exact) mass is 332 g/mol. The molecule has 0 bridgehead atoms. The van der Waals surface area contributed by atoms with Crippen LogP contribution in [0.3, 0.4) is 0 Å². The molecule has 2 heteroatoms. The Morgan fingerprint density at radius 1 is 0.833 bits per heavy atom. The molecule has 3 rings (SSSR count). The van der Waals surface area contributed by atoms with Crippen LogP contribution in [-0.2, 0) is 0 Å². The Labute approximate surface area is 145 Å². The summed E-state index contributed by atoms with van der Waals surface area (Å²) in [6.07, 6.45) is 16.3. The van der Waals surface area contributed by atoms with Crippen molar-refractivity contribution < 1.29 is 8.78 Å². The van der Waals surface area contributed by atoms with Crippen molar-refractivity contribution in [1.82, 2.24) is 0 Å². The average molecular weight is 332 g/mol. The largest absolute Gasteiger partial charge is 0.204 e. The second kappa shape index (κ2) is 8.27. The minimum Gasteiger partial charge on any atom is -0.204 e. The van der Waals surface area contributed by atoms with Crippen molar-refractivity contribution in [3.8, 4) is 0 Å². The van der Waals surface area contributed by atoms with Gasteiger partial charge in [-0.2, -0.15) is 0 Å². The van der Waals surface area contributed by atoms with Gasteiger partial charge in [-0.3, -0.25) is 0 Å². The molecule has 0 nitrogen and oxygen atoms in total. The summed E-state index contributed by atoms with van der Waals surface area (Å²) in [5.41, 5.74) is 0.967. The Hall–Kier alpha value is -1.18. The lowest BCUT2D eigenvalue weighted by atomic mass is 9.77. The van der Waals surface area contributed by atoms with Crippen LogP contribution in [0.15, 0.2) is 30.4 Å². The fraction of sp³-hybridized carbons (Fsp3) is 0.636. The topological polar surface area (TPSA) is 0 Å². The summed E-state index contributed by atoms with van der Waals surface area (Å²) in [7, 11) is 0. The second-order valence-corrected chi connectivity index (χ2v) is 7.86. The van der Waals surface area contributed by atoms with Gasteiger partial charge in [-0.15, -0.1) is 0 Å². The third-order valence-corrected chi connectivity index (χ3v) is 6.31. The molecular weight excluding hydrogens is 302 g/mol. The van der Waals surface area contributed by atoms with Gasteiger partial charge >= 0.3 is 0 Å². The summed E-state index contributed by atoms with van der Waals surface area (Å²) >= 11 is 0. The first-order valence-corrected chi connectivity index (χ1v) is 9.79. The van der Waals surface area contributed by atoms with Crippen molar-refractivity contribution >= 4 is 0 Å². The lowest BCUT2D eigenvalue weighted by molar-refractivity contribution is 0.301. The normalized spacial score (nSPS) is 31.5. The van der Waals surface area contributed by atoms with Crippen molar-refractivity contribution in [2.24, 2.45) is 17.8 Å². The van der Waals surface area contributed by atoms with Crippen molar-refractivity contribution in [3.63, 3.8) is 0 Å². The SMILES string of the molecule is CCC1CCC(C=CC2CCC(c3ccc(F)c(F)c3)CC2)CC1. The van der Waals surface area contributed by atoms with Crippen LogP contribution in [0.1, 0.15) is 76.2 Å². The van der Waals surface area contributed by atoms with Gasteiger partial charge in [0.25, 0.3) is 0 Å². The van der Waals surface area contributed by atoms with E-state index in [0.29, 0.717) is 11.8 Å². The smallest absolute Gasteiger partial charge is 0.159 e. The predicted octanol–water partition coefficient (Wildman–Crippen LogP) is 7.01. The van der Waals surface area contributed by atoms with Gasteiger partial charge in [-0.05, 0) is 92.7 Å². The van der Waals surface area contributed by atoms with Crippen molar-refractivity contribution in [3.05, 3.63) is 47.5 Å². The van der Waals surface area contributed by atoms with E-state index in [2.05, 4.69) is 19.1 Å². The molecule has 132 valence electrons. The Kier molecular flexibility index (Phi) is 6.08.